The normalized spacial score (nSPS) is 11.7. The molecule has 0 unspecified atom stereocenters. The molecule has 3 N–H and O–H groups in total. The quantitative estimate of drug-likeness (QED) is 0.696. The number of aliphatic hydroxyl groups is 1. The number of pyridine rings is 1. The average Bonchev–Trinajstić information content (AvgIpc) is 2.98. The Kier molecular flexibility index (Phi) is 4.40. The highest BCUT2D eigenvalue weighted by Crippen LogP contribution is 2.03. The van der Waals surface area contributed by atoms with Crippen LogP contribution in [-0.2, 0) is 4.79 Å². The molecule has 0 aliphatic carbocycles. The summed E-state index contributed by atoms with van der Waals surface area (Å²) in [4.78, 5) is 27.5. The molecule has 2 aromatic rings. The number of aromatic nitrogens is 2. The molecule has 0 fully saturated rings. The molecule has 0 aromatic carbocycles. The first-order chi connectivity index (χ1) is 9.70. The Bertz CT molecular complexity index is 570. The Balaban J connectivity index is 1.98. The van der Waals surface area contributed by atoms with Gasteiger partial charge >= 0.3 is 0 Å². The number of anilines is 1. The third-order valence-corrected chi connectivity index (χ3v) is 2.44. The molecule has 2 rings (SSSR count). The van der Waals surface area contributed by atoms with Crippen molar-refractivity contribution in [1.82, 2.24) is 15.5 Å². The maximum atomic E-state index is 11.9. The van der Waals surface area contributed by atoms with Crippen LogP contribution in [0, 0.1) is 0 Å². The van der Waals surface area contributed by atoms with Crippen molar-refractivity contribution >= 4 is 17.6 Å². The molecule has 2 amide bonds. The fourth-order valence-electron chi connectivity index (χ4n) is 1.43. The van der Waals surface area contributed by atoms with Crippen molar-refractivity contribution in [2.24, 2.45) is 0 Å². The molecule has 0 aliphatic heterocycles. The lowest BCUT2D eigenvalue weighted by atomic mass is 10.2. The van der Waals surface area contributed by atoms with E-state index in [-0.39, 0.29) is 5.82 Å². The average molecular weight is 276 g/mol. The summed E-state index contributed by atoms with van der Waals surface area (Å²) < 4.78 is 4.56. The standard InChI is InChI=1S/C12H12N4O4/c17-7-9(12(19)15-10-3-6-20-16-10)14-11(18)8-1-4-13-5-2-8/h1-6,9,17H,7H2,(H,14,18)(H,15,16,19)/t9-/m0/s1. The monoisotopic (exact) mass is 276 g/mol. The van der Waals surface area contributed by atoms with Gasteiger partial charge in [0.2, 0.25) is 0 Å². The van der Waals surface area contributed by atoms with E-state index in [1.54, 1.807) is 0 Å². The summed E-state index contributed by atoms with van der Waals surface area (Å²) in [7, 11) is 0. The van der Waals surface area contributed by atoms with E-state index in [2.05, 4.69) is 25.3 Å². The number of nitrogens with zero attached hydrogens (tertiary/aromatic N) is 2. The predicted molar refractivity (Wildman–Crippen MR) is 67.7 cm³/mol. The zero-order valence-corrected chi connectivity index (χ0v) is 10.3. The summed E-state index contributed by atoms with van der Waals surface area (Å²) in [6.07, 6.45) is 4.20. The number of carbonyl (C=O) groups excluding carboxylic acids is 2. The molecule has 2 aromatic heterocycles. The van der Waals surface area contributed by atoms with E-state index in [1.165, 1.54) is 36.9 Å². The van der Waals surface area contributed by atoms with Gasteiger partial charge in [0, 0.05) is 24.0 Å². The molecule has 8 nitrogen and oxygen atoms in total. The Labute approximate surface area is 113 Å². The van der Waals surface area contributed by atoms with Gasteiger partial charge in [-0.2, -0.15) is 0 Å². The van der Waals surface area contributed by atoms with Crippen LogP contribution in [0.5, 0.6) is 0 Å². The molecule has 20 heavy (non-hydrogen) atoms. The van der Waals surface area contributed by atoms with E-state index in [1.807, 2.05) is 0 Å². The molecular formula is C12H12N4O4. The van der Waals surface area contributed by atoms with E-state index in [4.69, 9.17) is 0 Å². The zero-order valence-electron chi connectivity index (χ0n) is 10.3. The SMILES string of the molecule is O=C(N[C@@H](CO)C(=O)Nc1ccon1)c1ccncc1. The molecular weight excluding hydrogens is 264 g/mol. The summed E-state index contributed by atoms with van der Waals surface area (Å²) >= 11 is 0. The number of aliphatic hydroxyl groups excluding tert-OH is 1. The van der Waals surface area contributed by atoms with Gasteiger partial charge in [-0.05, 0) is 12.1 Å². The molecule has 0 radical (unpaired) electrons. The second kappa shape index (κ2) is 6.43. The Morgan fingerprint density at radius 3 is 2.65 bits per heavy atom. The van der Waals surface area contributed by atoms with E-state index < -0.39 is 24.5 Å². The lowest BCUT2D eigenvalue weighted by molar-refractivity contribution is -0.118. The first-order valence-electron chi connectivity index (χ1n) is 5.73. The molecule has 0 saturated heterocycles. The maximum absolute atomic E-state index is 11.9. The first-order valence-corrected chi connectivity index (χ1v) is 5.73. The van der Waals surface area contributed by atoms with Crippen molar-refractivity contribution in [3.05, 3.63) is 42.4 Å². The van der Waals surface area contributed by atoms with Crippen molar-refractivity contribution < 1.29 is 19.2 Å². The summed E-state index contributed by atoms with van der Waals surface area (Å²) in [5.74, 6) is -0.878. The van der Waals surface area contributed by atoms with Gasteiger partial charge < -0.3 is 20.3 Å². The predicted octanol–water partition coefficient (Wildman–Crippen LogP) is -0.201. The van der Waals surface area contributed by atoms with Crippen LogP contribution in [0.25, 0.3) is 0 Å². The van der Waals surface area contributed by atoms with Gasteiger partial charge in [0.15, 0.2) is 5.82 Å². The van der Waals surface area contributed by atoms with Crippen molar-refractivity contribution in [3.8, 4) is 0 Å². The van der Waals surface area contributed by atoms with Crippen molar-refractivity contribution in [1.29, 1.82) is 0 Å². The lowest BCUT2D eigenvalue weighted by Crippen LogP contribution is -2.46. The van der Waals surface area contributed by atoms with Crippen LogP contribution in [0.2, 0.25) is 0 Å². The lowest BCUT2D eigenvalue weighted by Gasteiger charge is -2.15. The summed E-state index contributed by atoms with van der Waals surface area (Å²) in [6, 6.07) is 3.35. The maximum Gasteiger partial charge on any atom is 0.252 e. The number of rotatable bonds is 5. The number of carbonyl (C=O) groups is 2. The van der Waals surface area contributed by atoms with Crippen LogP contribution in [-0.4, -0.2) is 39.7 Å². The highest BCUT2D eigenvalue weighted by molar-refractivity contribution is 6.00. The van der Waals surface area contributed by atoms with Crippen LogP contribution in [0.15, 0.2) is 41.4 Å². The van der Waals surface area contributed by atoms with Gasteiger partial charge in [-0.25, -0.2) is 0 Å². The third-order valence-electron chi connectivity index (χ3n) is 2.44. The van der Waals surface area contributed by atoms with E-state index >= 15 is 0 Å². The molecule has 2 heterocycles. The number of nitrogens with one attached hydrogen (secondary N) is 2. The molecule has 0 spiro atoms. The minimum atomic E-state index is -1.09. The van der Waals surface area contributed by atoms with Crippen molar-refractivity contribution in [3.63, 3.8) is 0 Å². The van der Waals surface area contributed by atoms with Gasteiger partial charge in [-0.15, -0.1) is 0 Å². The van der Waals surface area contributed by atoms with Crippen LogP contribution in [0.1, 0.15) is 10.4 Å². The largest absolute Gasteiger partial charge is 0.394 e. The summed E-state index contributed by atoms with van der Waals surface area (Å²) in [5, 5.41) is 17.5. The Morgan fingerprint density at radius 2 is 2.05 bits per heavy atom. The zero-order chi connectivity index (χ0) is 14.4. The summed E-state index contributed by atoms with van der Waals surface area (Å²) in [5.41, 5.74) is 0.340. The number of hydrogen-bond donors (Lipinski definition) is 3. The minimum Gasteiger partial charge on any atom is -0.394 e. The highest BCUT2D eigenvalue weighted by atomic mass is 16.5. The van der Waals surface area contributed by atoms with Crippen LogP contribution >= 0.6 is 0 Å². The fraction of sp³-hybridized carbons (Fsp3) is 0.167. The van der Waals surface area contributed by atoms with Gasteiger partial charge in [0.05, 0.1) is 6.61 Å². The van der Waals surface area contributed by atoms with Crippen LogP contribution < -0.4 is 10.6 Å². The second-order valence-electron chi connectivity index (χ2n) is 3.82. The fourth-order valence-corrected chi connectivity index (χ4v) is 1.43. The Morgan fingerprint density at radius 1 is 1.30 bits per heavy atom. The number of amides is 2. The molecule has 8 heteroatoms. The van der Waals surface area contributed by atoms with Crippen LogP contribution in [0.4, 0.5) is 5.82 Å². The number of hydrogen-bond acceptors (Lipinski definition) is 6. The van der Waals surface area contributed by atoms with E-state index in [0.29, 0.717) is 5.56 Å². The van der Waals surface area contributed by atoms with E-state index in [0.717, 1.165) is 0 Å². The van der Waals surface area contributed by atoms with Gasteiger partial charge in [0.25, 0.3) is 11.8 Å². The first kappa shape index (κ1) is 13.7. The molecule has 0 aliphatic rings. The van der Waals surface area contributed by atoms with Crippen molar-refractivity contribution in [2.45, 2.75) is 6.04 Å². The smallest absolute Gasteiger partial charge is 0.252 e. The minimum absolute atomic E-state index is 0.201. The summed E-state index contributed by atoms with van der Waals surface area (Å²) in [6.45, 7) is -0.541. The molecule has 0 saturated carbocycles. The Hall–Kier alpha value is -2.74. The van der Waals surface area contributed by atoms with Crippen LogP contribution in [0.3, 0.4) is 0 Å². The molecule has 0 bridgehead atoms. The molecule has 104 valence electrons. The van der Waals surface area contributed by atoms with Gasteiger partial charge in [-0.3, -0.25) is 14.6 Å². The third kappa shape index (κ3) is 3.39. The van der Waals surface area contributed by atoms with Crippen molar-refractivity contribution in [2.75, 3.05) is 11.9 Å². The highest BCUT2D eigenvalue weighted by Gasteiger charge is 2.21. The molecule has 1 atom stereocenters. The second-order valence-corrected chi connectivity index (χ2v) is 3.82. The van der Waals surface area contributed by atoms with Gasteiger partial charge in [-0.1, -0.05) is 5.16 Å². The topological polar surface area (TPSA) is 117 Å². The van der Waals surface area contributed by atoms with E-state index in [9.17, 15) is 14.7 Å². The van der Waals surface area contributed by atoms with Gasteiger partial charge in [0.1, 0.15) is 12.3 Å².